The summed E-state index contributed by atoms with van der Waals surface area (Å²) in [5.41, 5.74) is 0.739. The van der Waals surface area contributed by atoms with E-state index in [9.17, 15) is 13.2 Å². The number of carbonyl (C=O) groups excluding carboxylic acids is 1. The van der Waals surface area contributed by atoms with Crippen molar-refractivity contribution in [1.82, 2.24) is 24.3 Å². The number of thiophene rings is 1. The fraction of sp³-hybridized carbons (Fsp3) is 0.333. The molecular weight excluding hydrogens is 450 g/mol. The predicted octanol–water partition coefficient (Wildman–Crippen LogP) is 2.31. The van der Waals surface area contributed by atoms with Crippen LogP contribution in [0.25, 0.3) is 11.4 Å². The molecule has 3 aromatic heterocycles. The Bertz CT molecular complexity index is 1120. The molecule has 3 aromatic rings. The average Bonchev–Trinajstić information content (AvgIpc) is 3.42. The van der Waals surface area contributed by atoms with E-state index in [-0.39, 0.29) is 29.6 Å². The Kier molecular flexibility index (Phi) is 6.14. The Morgan fingerprint density at radius 3 is 2.67 bits per heavy atom. The zero-order valence-corrected chi connectivity index (χ0v) is 18.2. The highest BCUT2D eigenvalue weighted by molar-refractivity contribution is 7.91. The molecule has 0 unspecified atom stereocenters. The van der Waals surface area contributed by atoms with Crippen LogP contribution in [0.3, 0.4) is 0 Å². The Morgan fingerprint density at radius 2 is 2.00 bits per heavy atom. The maximum absolute atomic E-state index is 12.6. The fourth-order valence-electron chi connectivity index (χ4n) is 3.08. The SMILES string of the molecule is O=C(CCc1nc(-c2cccnc2)no1)N1CCN(S(=O)(=O)c2ccc(Cl)s2)CC1. The molecule has 0 saturated carbocycles. The molecule has 0 radical (unpaired) electrons. The van der Waals surface area contributed by atoms with Crippen LogP contribution in [0, 0.1) is 0 Å². The third-order valence-corrected chi connectivity index (χ3v) is 8.27. The van der Waals surface area contributed by atoms with Crippen LogP contribution in [0.5, 0.6) is 0 Å². The second-order valence-corrected chi connectivity index (χ2v) is 10.5. The van der Waals surface area contributed by atoms with Crippen LogP contribution in [0.1, 0.15) is 12.3 Å². The van der Waals surface area contributed by atoms with Gasteiger partial charge in [0, 0.05) is 57.0 Å². The van der Waals surface area contributed by atoms with Gasteiger partial charge in [0.15, 0.2) is 0 Å². The summed E-state index contributed by atoms with van der Waals surface area (Å²) < 4.78 is 32.5. The molecular formula is C18H18ClN5O4S2. The standard InChI is InChI=1S/C18H18ClN5O4S2/c19-14-3-6-17(29-14)30(26,27)24-10-8-23(9-11-24)16(25)5-4-15-21-18(22-28-15)13-2-1-7-20-12-13/h1-3,6-7,12H,4-5,8-11H2. The van der Waals surface area contributed by atoms with Crippen molar-refractivity contribution < 1.29 is 17.7 Å². The first-order chi connectivity index (χ1) is 14.4. The number of halogens is 1. The van der Waals surface area contributed by atoms with E-state index in [0.717, 1.165) is 16.9 Å². The molecule has 1 amide bonds. The summed E-state index contributed by atoms with van der Waals surface area (Å²) in [6, 6.07) is 6.67. The number of aromatic nitrogens is 3. The van der Waals surface area contributed by atoms with Crippen molar-refractivity contribution >= 4 is 38.9 Å². The maximum Gasteiger partial charge on any atom is 0.252 e. The lowest BCUT2D eigenvalue weighted by molar-refractivity contribution is -0.132. The van der Waals surface area contributed by atoms with E-state index in [1.807, 2.05) is 6.07 Å². The van der Waals surface area contributed by atoms with Gasteiger partial charge in [0.05, 0.1) is 4.34 Å². The van der Waals surface area contributed by atoms with E-state index < -0.39 is 10.0 Å². The van der Waals surface area contributed by atoms with Gasteiger partial charge in [-0.1, -0.05) is 16.8 Å². The summed E-state index contributed by atoms with van der Waals surface area (Å²) in [5, 5.41) is 3.91. The van der Waals surface area contributed by atoms with E-state index in [0.29, 0.717) is 35.6 Å². The first kappa shape index (κ1) is 20.9. The van der Waals surface area contributed by atoms with Gasteiger partial charge < -0.3 is 9.42 Å². The molecule has 1 saturated heterocycles. The summed E-state index contributed by atoms with van der Waals surface area (Å²) in [6.45, 7) is 1.16. The smallest absolute Gasteiger partial charge is 0.252 e. The van der Waals surface area contributed by atoms with E-state index >= 15 is 0 Å². The van der Waals surface area contributed by atoms with Crippen molar-refractivity contribution in [1.29, 1.82) is 0 Å². The minimum Gasteiger partial charge on any atom is -0.340 e. The molecule has 1 aliphatic heterocycles. The topological polar surface area (TPSA) is 109 Å². The first-order valence-corrected chi connectivity index (χ1v) is 11.8. The molecule has 1 fully saturated rings. The van der Waals surface area contributed by atoms with Crippen LogP contribution >= 0.6 is 22.9 Å². The van der Waals surface area contributed by atoms with Gasteiger partial charge >= 0.3 is 0 Å². The molecule has 0 atom stereocenters. The lowest BCUT2D eigenvalue weighted by Crippen LogP contribution is -2.50. The molecule has 9 nitrogen and oxygen atoms in total. The molecule has 0 aromatic carbocycles. The third kappa shape index (κ3) is 4.53. The van der Waals surface area contributed by atoms with Crippen molar-refractivity contribution in [2.45, 2.75) is 17.1 Å². The van der Waals surface area contributed by atoms with Gasteiger partial charge in [-0.3, -0.25) is 9.78 Å². The summed E-state index contributed by atoms with van der Waals surface area (Å²) in [7, 11) is -3.58. The van der Waals surface area contributed by atoms with Crippen LogP contribution < -0.4 is 0 Å². The maximum atomic E-state index is 12.6. The van der Waals surface area contributed by atoms with E-state index in [4.69, 9.17) is 16.1 Å². The molecule has 12 heteroatoms. The Morgan fingerprint density at radius 1 is 1.20 bits per heavy atom. The summed E-state index contributed by atoms with van der Waals surface area (Å²) >= 11 is 6.88. The first-order valence-electron chi connectivity index (χ1n) is 9.20. The highest BCUT2D eigenvalue weighted by Crippen LogP contribution is 2.28. The molecule has 30 heavy (non-hydrogen) atoms. The number of carbonyl (C=O) groups is 1. The molecule has 0 spiro atoms. The largest absolute Gasteiger partial charge is 0.340 e. The van der Waals surface area contributed by atoms with Crippen LogP contribution in [-0.2, 0) is 21.2 Å². The number of hydrogen-bond acceptors (Lipinski definition) is 8. The van der Waals surface area contributed by atoms with E-state index in [1.54, 1.807) is 29.4 Å². The van der Waals surface area contributed by atoms with Crippen molar-refractivity contribution in [3.05, 3.63) is 46.9 Å². The quantitative estimate of drug-likeness (QED) is 0.547. The zero-order valence-electron chi connectivity index (χ0n) is 15.8. The average molecular weight is 468 g/mol. The number of rotatable bonds is 6. The highest BCUT2D eigenvalue weighted by atomic mass is 35.5. The number of pyridine rings is 1. The summed E-state index contributed by atoms with van der Waals surface area (Å²) in [6.07, 6.45) is 3.82. The molecule has 4 rings (SSSR count). The van der Waals surface area contributed by atoms with Crippen LogP contribution in [0.2, 0.25) is 4.34 Å². The molecule has 4 heterocycles. The van der Waals surface area contributed by atoms with Gasteiger partial charge in [0.2, 0.25) is 17.6 Å². The number of nitrogens with zero attached hydrogens (tertiary/aromatic N) is 5. The normalized spacial score (nSPS) is 15.4. The molecule has 1 aliphatic rings. The van der Waals surface area contributed by atoms with E-state index in [2.05, 4.69) is 15.1 Å². The Labute approximate surface area is 182 Å². The second-order valence-electron chi connectivity index (χ2n) is 6.60. The number of piperazine rings is 1. The molecule has 158 valence electrons. The predicted molar refractivity (Wildman–Crippen MR) is 111 cm³/mol. The van der Waals surface area contributed by atoms with Crippen molar-refractivity contribution in [2.75, 3.05) is 26.2 Å². The van der Waals surface area contributed by atoms with Crippen molar-refractivity contribution in [3.8, 4) is 11.4 Å². The van der Waals surface area contributed by atoms with Crippen LogP contribution in [0.4, 0.5) is 0 Å². The van der Waals surface area contributed by atoms with Gasteiger partial charge in [0.1, 0.15) is 4.21 Å². The fourth-order valence-corrected chi connectivity index (χ4v) is 6.14. The van der Waals surface area contributed by atoms with Crippen molar-refractivity contribution in [3.63, 3.8) is 0 Å². The number of hydrogen-bond donors (Lipinski definition) is 0. The van der Waals surface area contributed by atoms with Gasteiger partial charge in [-0.15, -0.1) is 11.3 Å². The van der Waals surface area contributed by atoms with Crippen molar-refractivity contribution in [2.24, 2.45) is 0 Å². The van der Waals surface area contributed by atoms with Crippen LogP contribution in [-0.4, -0.2) is 64.8 Å². The van der Waals surface area contributed by atoms with Gasteiger partial charge in [-0.25, -0.2) is 8.42 Å². The third-order valence-electron chi connectivity index (χ3n) is 4.67. The minimum atomic E-state index is -3.58. The lowest BCUT2D eigenvalue weighted by Gasteiger charge is -2.33. The monoisotopic (exact) mass is 467 g/mol. The summed E-state index contributed by atoms with van der Waals surface area (Å²) in [4.78, 5) is 22.5. The number of sulfonamides is 1. The van der Waals surface area contributed by atoms with Gasteiger partial charge in [-0.2, -0.15) is 9.29 Å². The summed E-state index contributed by atoms with van der Waals surface area (Å²) in [5.74, 6) is 0.725. The zero-order chi connectivity index (χ0) is 21.1. The van der Waals surface area contributed by atoms with E-state index in [1.165, 1.54) is 10.4 Å². The molecule has 0 aliphatic carbocycles. The Balaban J connectivity index is 1.29. The van der Waals surface area contributed by atoms with Crippen LogP contribution in [0.15, 0.2) is 45.4 Å². The molecule has 0 N–H and O–H groups in total. The molecule has 0 bridgehead atoms. The number of amides is 1. The second kappa shape index (κ2) is 8.80. The highest BCUT2D eigenvalue weighted by Gasteiger charge is 2.31. The Hall–Kier alpha value is -2.34. The van der Waals surface area contributed by atoms with Gasteiger partial charge in [0.25, 0.3) is 10.0 Å². The van der Waals surface area contributed by atoms with Gasteiger partial charge in [-0.05, 0) is 24.3 Å². The number of aryl methyl sites for hydroxylation is 1. The lowest BCUT2D eigenvalue weighted by atomic mass is 10.2. The minimum absolute atomic E-state index is 0.0765.